The molecule has 1 fully saturated rings. The number of rotatable bonds is 4. The first-order valence-corrected chi connectivity index (χ1v) is 8.71. The number of hydrogen-bond acceptors (Lipinski definition) is 4. The zero-order valence-corrected chi connectivity index (χ0v) is 13.8. The Morgan fingerprint density at radius 3 is 2.50 bits per heavy atom. The second kappa shape index (κ2) is 7.16. The van der Waals surface area contributed by atoms with Crippen LogP contribution >= 0.6 is 11.6 Å². The van der Waals surface area contributed by atoms with Gasteiger partial charge in [-0.25, -0.2) is 13.2 Å². The van der Waals surface area contributed by atoms with Crippen LogP contribution in [0.25, 0.3) is 0 Å². The summed E-state index contributed by atoms with van der Waals surface area (Å²) in [5.74, 6) is 0. The van der Waals surface area contributed by atoms with E-state index in [4.69, 9.17) is 11.6 Å². The van der Waals surface area contributed by atoms with E-state index in [9.17, 15) is 26.4 Å². The van der Waals surface area contributed by atoms with Crippen LogP contribution in [0.15, 0.2) is 23.1 Å². The highest BCUT2D eigenvalue weighted by molar-refractivity contribution is 7.89. The Labute approximate surface area is 141 Å². The average Bonchev–Trinajstić information content (AvgIpc) is 3.01. The number of carbonyl (C=O) groups excluding carboxylic acids is 1. The Balaban J connectivity index is 2.15. The normalized spacial score (nSPS) is 16.2. The van der Waals surface area contributed by atoms with Gasteiger partial charge in [0.15, 0.2) is 6.61 Å². The van der Waals surface area contributed by atoms with Crippen LogP contribution in [0.3, 0.4) is 0 Å². The number of nitrogens with zero attached hydrogens (tertiary/aromatic N) is 1. The minimum atomic E-state index is -4.65. The topological polar surface area (TPSA) is 75.7 Å². The van der Waals surface area contributed by atoms with E-state index >= 15 is 0 Å². The molecule has 1 aliphatic heterocycles. The molecule has 1 heterocycles. The molecule has 1 aliphatic rings. The molecular weight excluding hydrogens is 373 g/mol. The Hall–Kier alpha value is -1.52. The Bertz CT molecular complexity index is 718. The summed E-state index contributed by atoms with van der Waals surface area (Å²) in [6, 6.07) is 3.59. The highest BCUT2D eigenvalue weighted by Crippen LogP contribution is 2.29. The first-order valence-electron chi connectivity index (χ1n) is 6.90. The number of ether oxygens (including phenoxy) is 1. The van der Waals surface area contributed by atoms with Crippen LogP contribution < -0.4 is 5.32 Å². The fourth-order valence-corrected chi connectivity index (χ4v) is 4.17. The first kappa shape index (κ1) is 18.8. The van der Waals surface area contributed by atoms with E-state index in [0.29, 0.717) is 13.1 Å². The number of amides is 1. The van der Waals surface area contributed by atoms with Gasteiger partial charge >= 0.3 is 12.3 Å². The van der Waals surface area contributed by atoms with E-state index in [2.05, 4.69) is 4.74 Å². The van der Waals surface area contributed by atoms with Crippen molar-refractivity contribution in [3.05, 3.63) is 23.2 Å². The molecule has 0 saturated carbocycles. The molecule has 11 heteroatoms. The van der Waals surface area contributed by atoms with Gasteiger partial charge in [0.1, 0.15) is 4.90 Å². The second-order valence-corrected chi connectivity index (χ2v) is 7.39. The second-order valence-electron chi connectivity index (χ2n) is 5.07. The van der Waals surface area contributed by atoms with Crippen LogP contribution in [0.1, 0.15) is 12.8 Å². The molecule has 134 valence electrons. The van der Waals surface area contributed by atoms with Crippen molar-refractivity contribution in [2.75, 3.05) is 25.0 Å². The van der Waals surface area contributed by atoms with Gasteiger partial charge in [0.2, 0.25) is 10.0 Å². The SMILES string of the molecule is O=C(Nc1ccc(Cl)c(S(=O)(=O)N2CCCC2)c1)OCC(F)(F)F. The summed E-state index contributed by atoms with van der Waals surface area (Å²) < 4.78 is 66.2. The monoisotopic (exact) mass is 386 g/mol. The molecule has 0 spiro atoms. The van der Waals surface area contributed by atoms with Crippen LogP contribution in [-0.4, -0.2) is 44.7 Å². The lowest BCUT2D eigenvalue weighted by Gasteiger charge is -2.17. The van der Waals surface area contributed by atoms with Gasteiger partial charge in [-0.1, -0.05) is 11.6 Å². The van der Waals surface area contributed by atoms with Gasteiger partial charge in [0, 0.05) is 18.8 Å². The number of anilines is 1. The highest BCUT2D eigenvalue weighted by Gasteiger charge is 2.31. The first-order chi connectivity index (χ1) is 11.1. The predicted molar refractivity (Wildman–Crippen MR) is 80.5 cm³/mol. The summed E-state index contributed by atoms with van der Waals surface area (Å²) in [5.41, 5.74) is -0.0376. The Kier molecular flexibility index (Phi) is 5.61. The number of benzene rings is 1. The van der Waals surface area contributed by atoms with Crippen molar-refractivity contribution in [3.63, 3.8) is 0 Å². The fourth-order valence-electron chi connectivity index (χ4n) is 2.15. The minimum absolute atomic E-state index is 0.0376. The van der Waals surface area contributed by atoms with E-state index in [-0.39, 0.29) is 15.6 Å². The lowest BCUT2D eigenvalue weighted by atomic mass is 10.3. The van der Waals surface area contributed by atoms with E-state index < -0.39 is 28.9 Å². The van der Waals surface area contributed by atoms with Crippen molar-refractivity contribution in [2.24, 2.45) is 0 Å². The molecule has 6 nitrogen and oxygen atoms in total. The number of carbonyl (C=O) groups is 1. The van der Waals surface area contributed by atoms with Gasteiger partial charge < -0.3 is 4.74 Å². The quantitative estimate of drug-likeness (QED) is 0.862. The largest absolute Gasteiger partial charge is 0.440 e. The number of sulfonamides is 1. The van der Waals surface area contributed by atoms with Crippen molar-refractivity contribution >= 4 is 33.4 Å². The summed E-state index contributed by atoms with van der Waals surface area (Å²) in [4.78, 5) is 11.1. The zero-order valence-electron chi connectivity index (χ0n) is 12.3. The van der Waals surface area contributed by atoms with Crippen molar-refractivity contribution in [2.45, 2.75) is 23.9 Å². The standard InChI is InChI=1S/C13H14ClF3N2O4S/c14-10-4-3-9(18-12(20)23-8-13(15,16)17)7-11(10)24(21,22)19-5-1-2-6-19/h3-4,7H,1-2,5-6,8H2,(H,18,20). The molecule has 1 N–H and O–H groups in total. The Morgan fingerprint density at radius 1 is 1.29 bits per heavy atom. The zero-order chi connectivity index (χ0) is 18.0. The fraction of sp³-hybridized carbons (Fsp3) is 0.462. The molecule has 0 aliphatic carbocycles. The number of hydrogen-bond donors (Lipinski definition) is 1. The van der Waals surface area contributed by atoms with E-state index in [1.807, 2.05) is 5.32 Å². The summed E-state index contributed by atoms with van der Waals surface area (Å²) in [6.07, 6.45) is -4.53. The van der Waals surface area contributed by atoms with E-state index in [0.717, 1.165) is 18.9 Å². The molecule has 0 unspecified atom stereocenters. The summed E-state index contributed by atoms with van der Waals surface area (Å²) in [7, 11) is -3.83. The van der Waals surface area contributed by atoms with Crippen LogP contribution in [0, 0.1) is 0 Å². The van der Waals surface area contributed by atoms with Crippen LogP contribution in [0.5, 0.6) is 0 Å². The molecule has 0 atom stereocenters. The van der Waals surface area contributed by atoms with Crippen molar-refractivity contribution < 1.29 is 31.1 Å². The van der Waals surface area contributed by atoms with Gasteiger partial charge in [0.05, 0.1) is 5.02 Å². The lowest BCUT2D eigenvalue weighted by Crippen LogP contribution is -2.28. The lowest BCUT2D eigenvalue weighted by molar-refractivity contribution is -0.159. The van der Waals surface area contributed by atoms with Crippen LogP contribution in [0.4, 0.5) is 23.7 Å². The molecule has 1 aromatic rings. The third-order valence-corrected chi connectivity index (χ3v) is 5.61. The van der Waals surface area contributed by atoms with Crippen LogP contribution in [0.2, 0.25) is 5.02 Å². The molecule has 0 bridgehead atoms. The van der Waals surface area contributed by atoms with Crippen LogP contribution in [-0.2, 0) is 14.8 Å². The maximum atomic E-state index is 12.5. The van der Waals surface area contributed by atoms with Crippen molar-refractivity contribution in [3.8, 4) is 0 Å². The van der Waals surface area contributed by atoms with Gasteiger partial charge in [0.25, 0.3) is 0 Å². The molecular formula is C13H14ClF3N2O4S. The van der Waals surface area contributed by atoms with Crippen molar-refractivity contribution in [1.29, 1.82) is 0 Å². The molecule has 0 aromatic heterocycles. The molecule has 1 saturated heterocycles. The summed E-state index contributed by atoms with van der Waals surface area (Å²) in [5, 5.41) is 2.00. The Morgan fingerprint density at radius 2 is 1.92 bits per heavy atom. The number of alkyl halides is 3. The maximum absolute atomic E-state index is 12.5. The van der Waals surface area contributed by atoms with E-state index in [1.165, 1.54) is 16.4 Å². The van der Waals surface area contributed by atoms with Gasteiger partial charge in [-0.15, -0.1) is 0 Å². The molecule has 1 aromatic carbocycles. The maximum Gasteiger partial charge on any atom is 0.422 e. The van der Waals surface area contributed by atoms with Gasteiger partial charge in [-0.2, -0.15) is 17.5 Å². The molecule has 2 rings (SSSR count). The third-order valence-electron chi connectivity index (χ3n) is 3.23. The minimum Gasteiger partial charge on any atom is -0.440 e. The number of nitrogens with one attached hydrogen (secondary N) is 1. The highest BCUT2D eigenvalue weighted by atomic mass is 35.5. The number of halogens is 4. The molecule has 1 amide bonds. The van der Waals surface area contributed by atoms with E-state index in [1.54, 1.807) is 0 Å². The summed E-state index contributed by atoms with van der Waals surface area (Å²) in [6.45, 7) is -1.01. The van der Waals surface area contributed by atoms with Gasteiger partial charge in [-0.3, -0.25) is 5.32 Å². The smallest absolute Gasteiger partial charge is 0.422 e. The third kappa shape index (κ3) is 4.74. The molecule has 24 heavy (non-hydrogen) atoms. The molecule has 0 radical (unpaired) electrons. The average molecular weight is 387 g/mol. The van der Waals surface area contributed by atoms with Crippen molar-refractivity contribution in [1.82, 2.24) is 4.31 Å². The van der Waals surface area contributed by atoms with Gasteiger partial charge in [-0.05, 0) is 31.0 Å². The summed E-state index contributed by atoms with van der Waals surface area (Å²) >= 11 is 5.92. The predicted octanol–water partition coefficient (Wildman–Crippen LogP) is 3.24.